The van der Waals surface area contributed by atoms with Gasteiger partial charge in [-0.1, -0.05) is 93.1 Å². The van der Waals surface area contributed by atoms with Crippen LogP contribution in [0.1, 0.15) is 74.8 Å². The lowest BCUT2D eigenvalue weighted by Gasteiger charge is -2.31. The van der Waals surface area contributed by atoms with E-state index in [4.69, 9.17) is 0 Å². The van der Waals surface area contributed by atoms with Gasteiger partial charge in [0.25, 0.3) is 0 Å². The molecule has 3 aromatic carbocycles. The average Bonchev–Trinajstić information content (AvgIpc) is 2.87. The first-order valence-electron chi connectivity index (χ1n) is 13.0. The Kier molecular flexibility index (Phi) is 8.17. The number of aromatic hydroxyl groups is 2. The lowest BCUT2D eigenvalue weighted by atomic mass is 9.80. The van der Waals surface area contributed by atoms with Gasteiger partial charge in [0.05, 0.1) is 6.10 Å². The highest BCUT2D eigenvalue weighted by Gasteiger charge is 2.27. The smallest absolute Gasteiger partial charge is 0.161 e. The first-order valence-corrected chi connectivity index (χ1v) is 13.0. The highest BCUT2D eigenvalue weighted by Crippen LogP contribution is 2.42. The zero-order valence-electron chi connectivity index (χ0n) is 21.7. The van der Waals surface area contributed by atoms with Gasteiger partial charge in [-0.2, -0.15) is 0 Å². The van der Waals surface area contributed by atoms with Crippen LogP contribution in [0.25, 0.3) is 5.57 Å². The van der Waals surface area contributed by atoms with Crippen LogP contribution in [0.3, 0.4) is 0 Å². The molecule has 1 heterocycles. The summed E-state index contributed by atoms with van der Waals surface area (Å²) in [6.07, 6.45) is 2.90. The van der Waals surface area contributed by atoms with Crippen LogP contribution in [0.2, 0.25) is 0 Å². The van der Waals surface area contributed by atoms with Gasteiger partial charge in [0.1, 0.15) is 0 Å². The van der Waals surface area contributed by atoms with Crippen molar-refractivity contribution in [1.29, 1.82) is 0 Å². The predicted molar refractivity (Wildman–Crippen MR) is 147 cm³/mol. The van der Waals surface area contributed by atoms with Crippen molar-refractivity contribution in [2.45, 2.75) is 58.0 Å². The molecule has 1 aliphatic heterocycles. The largest absolute Gasteiger partial charge is 0.504 e. The van der Waals surface area contributed by atoms with E-state index in [1.807, 2.05) is 20.8 Å². The Labute approximate surface area is 215 Å². The second-order valence-electron chi connectivity index (χ2n) is 10.9. The van der Waals surface area contributed by atoms with E-state index in [9.17, 15) is 15.3 Å². The Bertz CT molecular complexity index is 1130. The van der Waals surface area contributed by atoms with Crippen LogP contribution in [0.4, 0.5) is 0 Å². The Balaban J connectivity index is 1.39. The Hall–Kier alpha value is -3.08. The quantitative estimate of drug-likeness (QED) is 0.322. The van der Waals surface area contributed by atoms with Crippen LogP contribution in [0, 0.1) is 0 Å². The molecular formula is C32H39NO3. The van der Waals surface area contributed by atoms with Gasteiger partial charge in [-0.3, -0.25) is 0 Å². The van der Waals surface area contributed by atoms with Crippen LogP contribution < -0.4 is 0 Å². The Morgan fingerprint density at radius 1 is 0.833 bits per heavy atom. The first-order chi connectivity index (χ1) is 17.3. The van der Waals surface area contributed by atoms with E-state index >= 15 is 0 Å². The zero-order chi connectivity index (χ0) is 25.7. The number of piperidine rings is 1. The van der Waals surface area contributed by atoms with Crippen molar-refractivity contribution in [2.24, 2.45) is 0 Å². The topological polar surface area (TPSA) is 63.9 Å². The maximum Gasteiger partial charge on any atom is 0.161 e. The van der Waals surface area contributed by atoms with Crippen molar-refractivity contribution in [1.82, 2.24) is 4.90 Å². The Morgan fingerprint density at radius 2 is 1.39 bits per heavy atom. The van der Waals surface area contributed by atoms with E-state index in [0.717, 1.165) is 38.9 Å². The minimum atomic E-state index is -0.672. The third-order valence-corrected chi connectivity index (χ3v) is 7.19. The van der Waals surface area contributed by atoms with Crippen molar-refractivity contribution >= 4 is 5.57 Å². The van der Waals surface area contributed by atoms with Crippen molar-refractivity contribution in [3.63, 3.8) is 0 Å². The second kappa shape index (κ2) is 11.3. The molecule has 0 radical (unpaired) electrons. The monoisotopic (exact) mass is 485 g/mol. The predicted octanol–water partition coefficient (Wildman–Crippen LogP) is 6.81. The molecule has 0 amide bonds. The van der Waals surface area contributed by atoms with Gasteiger partial charge >= 0.3 is 0 Å². The van der Waals surface area contributed by atoms with E-state index in [1.165, 1.54) is 28.3 Å². The molecule has 1 aliphatic rings. The fourth-order valence-electron chi connectivity index (χ4n) is 5.41. The molecule has 0 saturated carbocycles. The SMILES string of the molecule is CC(C)(C)c1c(C(O)CCCN2CCC(=C(c3ccccc3)c3ccccc3)CC2)ccc(O)c1O. The number of hydrogen-bond donors (Lipinski definition) is 3. The molecule has 1 unspecified atom stereocenters. The number of benzene rings is 3. The molecule has 36 heavy (non-hydrogen) atoms. The molecule has 0 bridgehead atoms. The fourth-order valence-corrected chi connectivity index (χ4v) is 5.41. The van der Waals surface area contributed by atoms with Gasteiger partial charge < -0.3 is 20.2 Å². The standard InChI is InChI=1S/C32H39NO3/c1-32(2,3)30-26(16-17-28(35)31(30)36)27(34)15-10-20-33-21-18-25(19-22-33)29(23-11-6-4-7-12-23)24-13-8-5-9-14-24/h4-9,11-14,16-17,27,34-36H,10,15,18-22H2,1-3H3. The van der Waals surface area contributed by atoms with Gasteiger partial charge in [-0.15, -0.1) is 0 Å². The molecule has 1 fully saturated rings. The number of phenols is 2. The van der Waals surface area contributed by atoms with Gasteiger partial charge in [0, 0.05) is 18.7 Å². The van der Waals surface area contributed by atoms with Gasteiger partial charge in [-0.05, 0) is 66.0 Å². The molecular weight excluding hydrogens is 446 g/mol. The van der Waals surface area contributed by atoms with Crippen LogP contribution >= 0.6 is 0 Å². The first kappa shape index (κ1) is 26.0. The molecule has 0 aromatic heterocycles. The molecule has 4 nitrogen and oxygen atoms in total. The molecule has 3 aromatic rings. The van der Waals surface area contributed by atoms with Gasteiger partial charge in [0.15, 0.2) is 11.5 Å². The summed E-state index contributed by atoms with van der Waals surface area (Å²) in [5.74, 6) is -0.263. The highest BCUT2D eigenvalue weighted by molar-refractivity contribution is 5.82. The number of aliphatic hydroxyl groups is 1. The highest BCUT2D eigenvalue weighted by atomic mass is 16.3. The van der Waals surface area contributed by atoms with E-state index in [-0.39, 0.29) is 16.9 Å². The van der Waals surface area contributed by atoms with Crippen molar-refractivity contribution in [3.8, 4) is 11.5 Å². The third kappa shape index (κ3) is 6.00. The maximum absolute atomic E-state index is 11.0. The molecule has 4 rings (SSSR count). The lowest BCUT2D eigenvalue weighted by molar-refractivity contribution is 0.151. The molecule has 0 spiro atoms. The van der Waals surface area contributed by atoms with Crippen LogP contribution in [-0.4, -0.2) is 39.9 Å². The number of phenolic OH excluding ortho intramolecular Hbond substituents is 2. The summed E-state index contributed by atoms with van der Waals surface area (Å²) in [5.41, 5.74) is 6.38. The Morgan fingerprint density at radius 3 is 1.92 bits per heavy atom. The van der Waals surface area contributed by atoms with Crippen molar-refractivity contribution in [3.05, 3.63) is 101 Å². The lowest BCUT2D eigenvalue weighted by Crippen LogP contribution is -2.32. The summed E-state index contributed by atoms with van der Waals surface area (Å²) in [4.78, 5) is 2.49. The van der Waals surface area contributed by atoms with Crippen LogP contribution in [0.15, 0.2) is 78.4 Å². The number of likely N-dealkylation sites (tertiary alicyclic amines) is 1. The van der Waals surface area contributed by atoms with Crippen molar-refractivity contribution < 1.29 is 15.3 Å². The maximum atomic E-state index is 11.0. The molecule has 190 valence electrons. The molecule has 3 N–H and O–H groups in total. The average molecular weight is 486 g/mol. The molecule has 1 atom stereocenters. The van der Waals surface area contributed by atoms with Gasteiger partial charge in [0.2, 0.25) is 0 Å². The number of nitrogens with zero attached hydrogens (tertiary/aromatic N) is 1. The minimum absolute atomic E-state index is 0.123. The zero-order valence-corrected chi connectivity index (χ0v) is 21.7. The molecule has 0 aliphatic carbocycles. The van der Waals surface area contributed by atoms with E-state index in [2.05, 4.69) is 65.6 Å². The summed E-state index contributed by atoms with van der Waals surface area (Å²) >= 11 is 0. The summed E-state index contributed by atoms with van der Waals surface area (Å²) in [5, 5.41) is 31.4. The van der Waals surface area contributed by atoms with Crippen LogP contribution in [-0.2, 0) is 5.41 Å². The molecule has 1 saturated heterocycles. The van der Waals surface area contributed by atoms with Gasteiger partial charge in [-0.25, -0.2) is 0 Å². The summed E-state index contributed by atoms with van der Waals surface area (Å²) in [6, 6.07) is 24.6. The summed E-state index contributed by atoms with van der Waals surface area (Å²) < 4.78 is 0. The second-order valence-corrected chi connectivity index (χ2v) is 10.9. The fraction of sp³-hybridized carbons (Fsp3) is 0.375. The number of aliphatic hydroxyl groups excluding tert-OH is 1. The van der Waals surface area contributed by atoms with Crippen LogP contribution in [0.5, 0.6) is 11.5 Å². The molecule has 4 heteroatoms. The number of hydrogen-bond acceptors (Lipinski definition) is 4. The third-order valence-electron chi connectivity index (χ3n) is 7.19. The van der Waals surface area contributed by atoms with E-state index < -0.39 is 6.10 Å². The number of rotatable bonds is 7. The van der Waals surface area contributed by atoms with E-state index in [0.29, 0.717) is 17.5 Å². The normalized spacial score (nSPS) is 15.6. The summed E-state index contributed by atoms with van der Waals surface area (Å²) in [6.45, 7) is 8.91. The summed E-state index contributed by atoms with van der Waals surface area (Å²) in [7, 11) is 0. The van der Waals surface area contributed by atoms with Crippen molar-refractivity contribution in [2.75, 3.05) is 19.6 Å². The minimum Gasteiger partial charge on any atom is -0.504 e. The van der Waals surface area contributed by atoms with E-state index in [1.54, 1.807) is 6.07 Å².